The summed E-state index contributed by atoms with van der Waals surface area (Å²) >= 11 is 3.48. The van der Waals surface area contributed by atoms with Gasteiger partial charge in [0.05, 0.1) is 4.47 Å². The van der Waals surface area contributed by atoms with E-state index in [9.17, 15) is 4.79 Å². The van der Waals surface area contributed by atoms with E-state index < -0.39 is 0 Å². The number of carbonyl (C=O) groups is 1. The molecule has 1 fully saturated rings. The molecule has 2 aromatic rings. The van der Waals surface area contributed by atoms with Crippen molar-refractivity contribution in [1.29, 1.82) is 0 Å². The summed E-state index contributed by atoms with van der Waals surface area (Å²) < 4.78 is 6.58. The fourth-order valence-electron chi connectivity index (χ4n) is 3.23. The Labute approximate surface area is 163 Å². The van der Waals surface area contributed by atoms with Crippen molar-refractivity contribution in [2.75, 3.05) is 37.7 Å². The van der Waals surface area contributed by atoms with E-state index in [1.807, 2.05) is 30.0 Å². The molecule has 0 aliphatic carbocycles. The van der Waals surface area contributed by atoms with Crippen LogP contribution < -0.4 is 9.64 Å². The molecule has 0 saturated carbocycles. The maximum absolute atomic E-state index is 12.5. The summed E-state index contributed by atoms with van der Waals surface area (Å²) in [7, 11) is 0. The van der Waals surface area contributed by atoms with Gasteiger partial charge in [0.2, 0.25) is 0 Å². The predicted octanol–water partition coefficient (Wildman–Crippen LogP) is 4.10. The summed E-state index contributed by atoms with van der Waals surface area (Å²) in [4.78, 5) is 16.7. The van der Waals surface area contributed by atoms with Crippen LogP contribution in [0.25, 0.3) is 0 Å². The summed E-state index contributed by atoms with van der Waals surface area (Å²) in [5, 5.41) is 0. The van der Waals surface area contributed by atoms with Gasteiger partial charge in [-0.05, 0) is 71.6 Å². The SMILES string of the molecule is Cc1ccc(OCC(=O)N2CCN(c3cccc(C)c3C)CC2)c(Br)c1. The Bertz CT molecular complexity index is 799. The lowest BCUT2D eigenvalue weighted by Crippen LogP contribution is -2.50. The van der Waals surface area contributed by atoms with Crippen LogP contribution in [-0.2, 0) is 4.79 Å². The number of carbonyl (C=O) groups excluding carboxylic acids is 1. The molecule has 0 radical (unpaired) electrons. The maximum Gasteiger partial charge on any atom is 0.260 e. The second-order valence-corrected chi connectivity index (χ2v) is 7.66. The minimum atomic E-state index is 0.0399. The van der Waals surface area contributed by atoms with Gasteiger partial charge < -0.3 is 14.5 Å². The number of benzene rings is 2. The quantitative estimate of drug-likeness (QED) is 0.751. The van der Waals surface area contributed by atoms with Gasteiger partial charge in [0, 0.05) is 31.9 Å². The number of ether oxygens (including phenoxy) is 1. The van der Waals surface area contributed by atoms with Gasteiger partial charge in [0.1, 0.15) is 5.75 Å². The number of hydrogen-bond acceptors (Lipinski definition) is 3. The second kappa shape index (κ2) is 8.12. The van der Waals surface area contributed by atoms with Crippen molar-refractivity contribution >= 4 is 27.5 Å². The fourth-order valence-corrected chi connectivity index (χ4v) is 3.84. The molecule has 1 saturated heterocycles. The zero-order valence-corrected chi connectivity index (χ0v) is 17.2. The van der Waals surface area contributed by atoms with Gasteiger partial charge in [0.15, 0.2) is 6.61 Å². The average Bonchev–Trinajstić information content (AvgIpc) is 2.63. The Morgan fingerprint density at radius 1 is 1.08 bits per heavy atom. The molecule has 1 aliphatic heterocycles. The van der Waals surface area contributed by atoms with E-state index in [-0.39, 0.29) is 12.5 Å². The topological polar surface area (TPSA) is 32.8 Å². The van der Waals surface area contributed by atoms with Gasteiger partial charge in [-0.3, -0.25) is 4.79 Å². The first kappa shape index (κ1) is 18.8. The Kier molecular flexibility index (Phi) is 5.87. The highest BCUT2D eigenvalue weighted by Crippen LogP contribution is 2.26. The third-order valence-electron chi connectivity index (χ3n) is 4.99. The van der Waals surface area contributed by atoms with E-state index in [0.717, 1.165) is 36.2 Å². The van der Waals surface area contributed by atoms with Gasteiger partial charge >= 0.3 is 0 Å². The molecule has 1 aliphatic rings. The molecule has 4 nitrogen and oxygen atoms in total. The van der Waals surface area contributed by atoms with Crippen molar-refractivity contribution in [3.8, 4) is 5.75 Å². The van der Waals surface area contributed by atoms with Crippen LogP contribution in [0.4, 0.5) is 5.69 Å². The maximum atomic E-state index is 12.5. The number of aryl methyl sites for hydroxylation is 2. The number of hydrogen-bond donors (Lipinski definition) is 0. The molecule has 26 heavy (non-hydrogen) atoms. The minimum Gasteiger partial charge on any atom is -0.483 e. The minimum absolute atomic E-state index is 0.0399. The summed E-state index contributed by atoms with van der Waals surface area (Å²) in [5.74, 6) is 0.746. The van der Waals surface area contributed by atoms with E-state index in [1.165, 1.54) is 16.8 Å². The molecular weight excluding hydrogens is 392 g/mol. The molecule has 0 aromatic heterocycles. The number of amides is 1. The van der Waals surface area contributed by atoms with Gasteiger partial charge in [-0.25, -0.2) is 0 Å². The smallest absolute Gasteiger partial charge is 0.260 e. The molecule has 138 valence electrons. The molecule has 0 unspecified atom stereocenters. The molecule has 1 amide bonds. The average molecular weight is 417 g/mol. The van der Waals surface area contributed by atoms with Crippen molar-refractivity contribution in [3.05, 3.63) is 57.6 Å². The van der Waals surface area contributed by atoms with Crippen LogP contribution in [0.1, 0.15) is 16.7 Å². The standard InChI is InChI=1S/C21H25BrN2O2/c1-15-7-8-20(18(22)13-15)26-14-21(25)24-11-9-23(10-12-24)19-6-4-5-16(2)17(19)3/h4-8,13H,9-12,14H2,1-3H3. The molecule has 0 atom stereocenters. The van der Waals surface area contributed by atoms with E-state index in [0.29, 0.717) is 5.75 Å². The van der Waals surface area contributed by atoms with Crippen molar-refractivity contribution in [2.24, 2.45) is 0 Å². The van der Waals surface area contributed by atoms with E-state index in [4.69, 9.17) is 4.74 Å². The third-order valence-corrected chi connectivity index (χ3v) is 5.61. The van der Waals surface area contributed by atoms with Crippen molar-refractivity contribution in [1.82, 2.24) is 4.90 Å². The van der Waals surface area contributed by atoms with Gasteiger partial charge in [-0.2, -0.15) is 0 Å². The summed E-state index contributed by atoms with van der Waals surface area (Å²) in [6.07, 6.45) is 0. The molecule has 2 aromatic carbocycles. The fraction of sp³-hybridized carbons (Fsp3) is 0.381. The molecular formula is C21H25BrN2O2. The number of halogens is 1. The highest BCUT2D eigenvalue weighted by atomic mass is 79.9. The predicted molar refractivity (Wildman–Crippen MR) is 109 cm³/mol. The van der Waals surface area contributed by atoms with E-state index >= 15 is 0 Å². The summed E-state index contributed by atoms with van der Waals surface area (Å²) in [6, 6.07) is 12.3. The molecule has 5 heteroatoms. The third kappa shape index (κ3) is 4.21. The Hall–Kier alpha value is -2.01. The number of piperazine rings is 1. The van der Waals surface area contributed by atoms with Gasteiger partial charge in [0.25, 0.3) is 5.91 Å². The largest absolute Gasteiger partial charge is 0.483 e. The molecule has 3 rings (SSSR count). The number of nitrogens with zero attached hydrogens (tertiary/aromatic N) is 2. The normalized spacial score (nSPS) is 14.5. The molecule has 0 bridgehead atoms. The highest BCUT2D eigenvalue weighted by molar-refractivity contribution is 9.10. The van der Waals surface area contributed by atoms with Crippen LogP contribution in [0.3, 0.4) is 0 Å². The lowest BCUT2D eigenvalue weighted by Gasteiger charge is -2.37. The van der Waals surface area contributed by atoms with Crippen molar-refractivity contribution < 1.29 is 9.53 Å². The Balaban J connectivity index is 1.54. The van der Waals surface area contributed by atoms with Crippen LogP contribution in [-0.4, -0.2) is 43.6 Å². The Morgan fingerprint density at radius 3 is 2.50 bits per heavy atom. The second-order valence-electron chi connectivity index (χ2n) is 6.81. The van der Waals surface area contributed by atoms with Crippen molar-refractivity contribution in [2.45, 2.75) is 20.8 Å². The molecule has 1 heterocycles. The Morgan fingerprint density at radius 2 is 1.81 bits per heavy atom. The van der Waals surface area contributed by atoms with Crippen LogP contribution in [0.2, 0.25) is 0 Å². The first-order chi connectivity index (χ1) is 12.5. The molecule has 0 spiro atoms. The van der Waals surface area contributed by atoms with Crippen LogP contribution in [0, 0.1) is 20.8 Å². The van der Waals surface area contributed by atoms with Gasteiger partial charge in [-0.15, -0.1) is 0 Å². The van der Waals surface area contributed by atoms with Crippen molar-refractivity contribution in [3.63, 3.8) is 0 Å². The van der Waals surface area contributed by atoms with E-state index in [2.05, 4.69) is 52.9 Å². The van der Waals surface area contributed by atoms with Crippen LogP contribution in [0.15, 0.2) is 40.9 Å². The lowest BCUT2D eigenvalue weighted by molar-refractivity contribution is -0.133. The van der Waals surface area contributed by atoms with E-state index in [1.54, 1.807) is 0 Å². The lowest BCUT2D eigenvalue weighted by atomic mass is 10.1. The highest BCUT2D eigenvalue weighted by Gasteiger charge is 2.22. The number of rotatable bonds is 4. The molecule has 0 N–H and O–H groups in total. The first-order valence-corrected chi connectivity index (χ1v) is 9.73. The summed E-state index contributed by atoms with van der Waals surface area (Å²) in [6.45, 7) is 9.55. The first-order valence-electron chi connectivity index (χ1n) is 8.93. The van der Waals surface area contributed by atoms with Crippen LogP contribution >= 0.6 is 15.9 Å². The monoisotopic (exact) mass is 416 g/mol. The summed E-state index contributed by atoms with van der Waals surface area (Å²) in [5.41, 5.74) is 5.05. The van der Waals surface area contributed by atoms with Crippen LogP contribution in [0.5, 0.6) is 5.75 Å². The zero-order valence-electron chi connectivity index (χ0n) is 15.6. The van der Waals surface area contributed by atoms with Gasteiger partial charge in [-0.1, -0.05) is 18.2 Å². The zero-order chi connectivity index (χ0) is 18.7. The number of anilines is 1.